The maximum Gasteiger partial charge on any atom is 0.269 e. The van der Waals surface area contributed by atoms with Gasteiger partial charge in [0.05, 0.1) is 15.6 Å². The zero-order chi connectivity index (χ0) is 16.8. The fraction of sp³-hybridized carbons (Fsp3) is 0.0714. The first-order valence-electron chi connectivity index (χ1n) is 6.30. The summed E-state index contributed by atoms with van der Waals surface area (Å²) < 4.78 is 5.95. The van der Waals surface area contributed by atoms with E-state index < -0.39 is 0 Å². The lowest BCUT2D eigenvalue weighted by molar-refractivity contribution is 0.0935. The van der Waals surface area contributed by atoms with Crippen LogP contribution in [0.4, 0.5) is 0 Å². The van der Waals surface area contributed by atoms with Crippen LogP contribution in [-0.2, 0) is 0 Å². The molecule has 2 amide bonds. The molecule has 0 unspecified atom stereocenters. The van der Waals surface area contributed by atoms with Gasteiger partial charge in [-0.05, 0) is 64.5 Å². The SMILES string of the molecule is COc1ccc(C(=O)NNC(=S)NC(=O)c2cccs2)cc1I. The van der Waals surface area contributed by atoms with Crippen molar-refractivity contribution in [2.45, 2.75) is 0 Å². The molecule has 0 fully saturated rings. The molecule has 0 saturated carbocycles. The minimum Gasteiger partial charge on any atom is -0.496 e. The van der Waals surface area contributed by atoms with Crippen molar-refractivity contribution in [3.05, 3.63) is 49.7 Å². The minimum absolute atomic E-state index is 0.0139. The van der Waals surface area contributed by atoms with Crippen LogP contribution >= 0.6 is 46.1 Å². The molecule has 0 aliphatic carbocycles. The molecule has 9 heteroatoms. The number of halogens is 1. The van der Waals surface area contributed by atoms with E-state index in [9.17, 15) is 9.59 Å². The largest absolute Gasteiger partial charge is 0.496 e. The summed E-state index contributed by atoms with van der Waals surface area (Å²) >= 11 is 8.34. The van der Waals surface area contributed by atoms with E-state index in [4.69, 9.17) is 17.0 Å². The molecular weight excluding hydrogens is 449 g/mol. The second kappa shape index (κ2) is 8.22. The lowest BCUT2D eigenvalue weighted by Crippen LogP contribution is -2.48. The molecule has 2 aromatic rings. The maximum absolute atomic E-state index is 12.0. The Morgan fingerprint density at radius 2 is 2.00 bits per heavy atom. The lowest BCUT2D eigenvalue weighted by Gasteiger charge is -2.11. The van der Waals surface area contributed by atoms with Crippen LogP contribution in [0.25, 0.3) is 0 Å². The normalized spacial score (nSPS) is 9.83. The number of amides is 2. The number of rotatable bonds is 3. The zero-order valence-corrected chi connectivity index (χ0v) is 15.7. The van der Waals surface area contributed by atoms with Crippen molar-refractivity contribution >= 4 is 63.1 Å². The molecule has 0 spiro atoms. The monoisotopic (exact) mass is 461 g/mol. The smallest absolute Gasteiger partial charge is 0.269 e. The molecule has 1 aromatic carbocycles. The zero-order valence-electron chi connectivity index (χ0n) is 11.9. The van der Waals surface area contributed by atoms with Gasteiger partial charge in [0.2, 0.25) is 0 Å². The Morgan fingerprint density at radius 3 is 2.61 bits per heavy atom. The molecule has 0 radical (unpaired) electrons. The van der Waals surface area contributed by atoms with Gasteiger partial charge in [-0.3, -0.25) is 25.8 Å². The number of thiocarbonyl (C=S) groups is 1. The van der Waals surface area contributed by atoms with Crippen molar-refractivity contribution in [3.8, 4) is 5.75 Å². The quantitative estimate of drug-likeness (QED) is 0.372. The van der Waals surface area contributed by atoms with Gasteiger partial charge in [-0.1, -0.05) is 6.07 Å². The summed E-state index contributed by atoms with van der Waals surface area (Å²) in [5, 5.41) is 4.28. The van der Waals surface area contributed by atoms with Crippen LogP contribution in [0.1, 0.15) is 20.0 Å². The highest BCUT2D eigenvalue weighted by molar-refractivity contribution is 14.1. The molecule has 0 atom stereocenters. The number of methoxy groups -OCH3 is 1. The van der Waals surface area contributed by atoms with Gasteiger partial charge in [0, 0.05) is 5.56 Å². The molecule has 23 heavy (non-hydrogen) atoms. The molecular formula is C14H12IN3O3S2. The Morgan fingerprint density at radius 1 is 1.22 bits per heavy atom. The van der Waals surface area contributed by atoms with Crippen LogP contribution in [0, 0.1) is 3.57 Å². The number of hydrazine groups is 1. The Bertz CT molecular complexity index is 735. The Labute approximate surface area is 155 Å². The van der Waals surface area contributed by atoms with Crippen molar-refractivity contribution in [2.24, 2.45) is 0 Å². The van der Waals surface area contributed by atoms with E-state index in [1.165, 1.54) is 11.3 Å². The second-order valence-electron chi connectivity index (χ2n) is 4.19. The molecule has 3 N–H and O–H groups in total. The highest BCUT2D eigenvalue weighted by Crippen LogP contribution is 2.21. The molecule has 0 aliphatic rings. The third-order valence-electron chi connectivity index (χ3n) is 2.68. The van der Waals surface area contributed by atoms with Crippen molar-refractivity contribution < 1.29 is 14.3 Å². The molecule has 1 heterocycles. The first-order valence-corrected chi connectivity index (χ1v) is 8.66. The molecule has 2 rings (SSSR count). The second-order valence-corrected chi connectivity index (χ2v) is 6.71. The van der Waals surface area contributed by atoms with E-state index in [0.29, 0.717) is 16.2 Å². The van der Waals surface area contributed by atoms with Gasteiger partial charge in [0.15, 0.2) is 5.11 Å². The van der Waals surface area contributed by atoms with Gasteiger partial charge >= 0.3 is 0 Å². The summed E-state index contributed by atoms with van der Waals surface area (Å²) in [5.74, 6) is -0.0159. The Balaban J connectivity index is 1.87. The van der Waals surface area contributed by atoms with E-state index in [1.807, 2.05) is 0 Å². The first-order chi connectivity index (χ1) is 11.0. The molecule has 0 aliphatic heterocycles. The van der Waals surface area contributed by atoms with Crippen LogP contribution in [0.15, 0.2) is 35.7 Å². The third-order valence-corrected chi connectivity index (χ3v) is 4.59. The summed E-state index contributed by atoms with van der Waals surface area (Å²) in [6, 6.07) is 8.46. The Kier molecular flexibility index (Phi) is 6.30. The van der Waals surface area contributed by atoms with Gasteiger partial charge in [0.1, 0.15) is 5.75 Å². The van der Waals surface area contributed by atoms with E-state index in [2.05, 4.69) is 38.8 Å². The van der Waals surface area contributed by atoms with Crippen LogP contribution < -0.4 is 20.9 Å². The van der Waals surface area contributed by atoms with Crippen molar-refractivity contribution in [1.29, 1.82) is 0 Å². The minimum atomic E-state index is -0.377. The summed E-state index contributed by atoms with van der Waals surface area (Å²) in [4.78, 5) is 24.4. The fourth-order valence-electron chi connectivity index (χ4n) is 1.60. The number of hydrogen-bond donors (Lipinski definition) is 3. The fourth-order valence-corrected chi connectivity index (χ4v) is 3.10. The van der Waals surface area contributed by atoms with Gasteiger partial charge in [-0.15, -0.1) is 11.3 Å². The molecule has 0 saturated heterocycles. The summed E-state index contributed by atoms with van der Waals surface area (Å²) in [6.45, 7) is 0. The van der Waals surface area contributed by atoms with Gasteiger partial charge in [0.25, 0.3) is 11.8 Å². The summed E-state index contributed by atoms with van der Waals surface area (Å²) in [6.07, 6.45) is 0. The van der Waals surface area contributed by atoms with Crippen LogP contribution in [0.3, 0.4) is 0 Å². The van der Waals surface area contributed by atoms with Gasteiger partial charge < -0.3 is 4.74 Å². The number of carbonyl (C=O) groups excluding carboxylic acids is 2. The van der Waals surface area contributed by atoms with E-state index in [-0.39, 0.29) is 16.9 Å². The highest BCUT2D eigenvalue weighted by atomic mass is 127. The Hall–Kier alpha value is -1.72. The topological polar surface area (TPSA) is 79.5 Å². The summed E-state index contributed by atoms with van der Waals surface area (Å²) in [7, 11) is 1.56. The van der Waals surface area contributed by atoms with E-state index >= 15 is 0 Å². The molecule has 120 valence electrons. The number of thiophene rings is 1. The highest BCUT2D eigenvalue weighted by Gasteiger charge is 2.11. The standard InChI is InChI=1S/C14H12IN3O3S2/c1-21-10-5-4-8(7-9(10)15)12(19)17-18-14(22)16-13(20)11-3-2-6-23-11/h2-7H,1H3,(H,17,19)(H2,16,18,20,22). The van der Waals surface area contributed by atoms with E-state index in [0.717, 1.165) is 3.57 Å². The number of hydrogen-bond acceptors (Lipinski definition) is 5. The van der Waals surface area contributed by atoms with Crippen LogP contribution in [0.2, 0.25) is 0 Å². The number of nitrogens with one attached hydrogen (secondary N) is 3. The lowest BCUT2D eigenvalue weighted by atomic mass is 10.2. The summed E-state index contributed by atoms with van der Waals surface area (Å²) in [5.41, 5.74) is 5.36. The number of carbonyl (C=O) groups is 2. The number of ether oxygens (including phenoxy) is 1. The van der Waals surface area contributed by atoms with E-state index in [1.54, 1.807) is 42.8 Å². The first kappa shape index (κ1) is 17.6. The molecule has 1 aromatic heterocycles. The van der Waals surface area contributed by atoms with Crippen molar-refractivity contribution in [2.75, 3.05) is 7.11 Å². The molecule has 0 bridgehead atoms. The van der Waals surface area contributed by atoms with Crippen molar-refractivity contribution in [1.82, 2.24) is 16.2 Å². The average Bonchev–Trinajstić information content (AvgIpc) is 3.07. The van der Waals surface area contributed by atoms with Crippen LogP contribution in [0.5, 0.6) is 5.75 Å². The van der Waals surface area contributed by atoms with Gasteiger partial charge in [-0.2, -0.15) is 0 Å². The van der Waals surface area contributed by atoms with Gasteiger partial charge in [-0.25, -0.2) is 0 Å². The number of benzene rings is 1. The predicted molar refractivity (Wildman–Crippen MR) is 101 cm³/mol. The van der Waals surface area contributed by atoms with Crippen molar-refractivity contribution in [3.63, 3.8) is 0 Å². The van der Waals surface area contributed by atoms with Crippen LogP contribution in [-0.4, -0.2) is 24.0 Å². The molecule has 6 nitrogen and oxygen atoms in total. The third kappa shape index (κ3) is 4.88. The maximum atomic E-state index is 12.0. The predicted octanol–water partition coefficient (Wildman–Crippen LogP) is 2.31. The average molecular weight is 461 g/mol.